The van der Waals surface area contributed by atoms with Crippen LogP contribution in [0.5, 0.6) is 0 Å². The molecule has 0 bridgehead atoms. The van der Waals surface area contributed by atoms with Crippen LogP contribution >= 0.6 is 11.6 Å². The summed E-state index contributed by atoms with van der Waals surface area (Å²) in [5, 5.41) is -0.679. The topological polar surface area (TPSA) is 63.2 Å². The van der Waals surface area contributed by atoms with E-state index < -0.39 is 15.4 Å². The number of hydrogen-bond donors (Lipinski definition) is 1. The molecule has 0 radical (unpaired) electrons. The van der Waals surface area contributed by atoms with Crippen molar-refractivity contribution in [3.63, 3.8) is 0 Å². The number of halogens is 1. The van der Waals surface area contributed by atoms with Crippen LogP contribution in [0.15, 0.2) is 23.1 Å². The zero-order valence-corrected chi connectivity index (χ0v) is 11.4. The van der Waals surface area contributed by atoms with Gasteiger partial charge in [0.1, 0.15) is 0 Å². The molecule has 0 aliphatic heterocycles. The smallest absolute Gasteiger partial charge is 0.240 e. The Morgan fingerprint density at radius 1 is 1.41 bits per heavy atom. The molecule has 1 aromatic rings. The Morgan fingerprint density at radius 3 is 2.47 bits per heavy atom. The number of carbonyl (C=O) groups excluding carboxylic acids is 1. The lowest BCUT2D eigenvalue weighted by atomic mass is 10.0. The summed E-state index contributed by atoms with van der Waals surface area (Å²) in [6.07, 6.45) is 0. The lowest BCUT2D eigenvalue weighted by Crippen LogP contribution is -2.20. The number of hydrogen-bond acceptors (Lipinski definition) is 3. The molecule has 1 N–H and O–H groups in total. The summed E-state index contributed by atoms with van der Waals surface area (Å²) >= 11 is 5.72. The summed E-state index contributed by atoms with van der Waals surface area (Å²) in [5.41, 5.74) is 1.04. The van der Waals surface area contributed by atoms with Crippen LogP contribution < -0.4 is 4.72 Å². The first kappa shape index (κ1) is 14.2. The second-order valence-electron chi connectivity index (χ2n) is 3.66. The van der Waals surface area contributed by atoms with E-state index in [9.17, 15) is 13.2 Å². The summed E-state index contributed by atoms with van der Waals surface area (Å²) < 4.78 is 25.4. The summed E-state index contributed by atoms with van der Waals surface area (Å²) in [6.45, 7) is 3.30. The summed E-state index contributed by atoms with van der Waals surface area (Å²) in [5.74, 6) is -0.280. The minimum atomic E-state index is -3.54. The van der Waals surface area contributed by atoms with Crippen molar-refractivity contribution in [3.8, 4) is 0 Å². The number of aryl methyl sites for hydroxylation is 1. The SMILES string of the molecule is CNS(=O)(=O)c1ccc(C)c(C(=O)C(C)Cl)c1. The van der Waals surface area contributed by atoms with E-state index in [-0.39, 0.29) is 10.7 Å². The van der Waals surface area contributed by atoms with Gasteiger partial charge in [0.2, 0.25) is 10.0 Å². The normalized spacial score (nSPS) is 13.4. The molecule has 0 aliphatic rings. The van der Waals surface area contributed by atoms with Gasteiger partial charge in [0.15, 0.2) is 5.78 Å². The third-order valence-electron chi connectivity index (χ3n) is 2.41. The highest BCUT2D eigenvalue weighted by molar-refractivity contribution is 7.89. The number of benzene rings is 1. The third kappa shape index (κ3) is 3.06. The molecule has 0 saturated heterocycles. The van der Waals surface area contributed by atoms with Crippen LogP contribution in [0.1, 0.15) is 22.8 Å². The molecule has 1 aromatic carbocycles. The van der Waals surface area contributed by atoms with Crippen LogP contribution in [0.3, 0.4) is 0 Å². The molecular weight excluding hydrogens is 262 g/mol. The molecular formula is C11H14ClNO3S. The first-order valence-corrected chi connectivity index (χ1v) is 6.94. The Balaban J connectivity index is 3.35. The summed E-state index contributed by atoms with van der Waals surface area (Å²) in [7, 11) is -2.22. The predicted octanol–water partition coefficient (Wildman–Crippen LogP) is 1.71. The maximum absolute atomic E-state index is 11.8. The quantitative estimate of drug-likeness (QED) is 0.672. The molecule has 0 spiro atoms. The van der Waals surface area contributed by atoms with Gasteiger partial charge < -0.3 is 0 Å². The van der Waals surface area contributed by atoms with E-state index in [4.69, 9.17) is 11.6 Å². The van der Waals surface area contributed by atoms with Gasteiger partial charge in [-0.25, -0.2) is 13.1 Å². The van der Waals surface area contributed by atoms with Crippen molar-refractivity contribution in [1.82, 2.24) is 4.72 Å². The summed E-state index contributed by atoms with van der Waals surface area (Å²) in [6, 6.07) is 4.40. The van der Waals surface area contributed by atoms with E-state index in [1.54, 1.807) is 19.9 Å². The van der Waals surface area contributed by atoms with Crippen molar-refractivity contribution in [2.75, 3.05) is 7.05 Å². The van der Waals surface area contributed by atoms with Crippen LogP contribution in [-0.2, 0) is 10.0 Å². The molecule has 0 fully saturated rings. The zero-order valence-electron chi connectivity index (χ0n) is 9.82. The third-order valence-corrected chi connectivity index (χ3v) is 4.03. The fraction of sp³-hybridized carbons (Fsp3) is 0.364. The number of alkyl halides is 1. The van der Waals surface area contributed by atoms with Crippen molar-refractivity contribution in [2.24, 2.45) is 0 Å². The molecule has 94 valence electrons. The van der Waals surface area contributed by atoms with Gasteiger partial charge in [-0.2, -0.15) is 0 Å². The van der Waals surface area contributed by atoms with Gasteiger partial charge in [-0.15, -0.1) is 11.6 Å². The Kier molecular flexibility index (Phi) is 4.30. The maximum Gasteiger partial charge on any atom is 0.240 e. The summed E-state index contributed by atoms with van der Waals surface area (Å²) in [4.78, 5) is 11.8. The van der Waals surface area contributed by atoms with Gasteiger partial charge in [0.25, 0.3) is 0 Å². The lowest BCUT2D eigenvalue weighted by Gasteiger charge is -2.09. The Hall–Kier alpha value is -0.910. The average molecular weight is 276 g/mol. The highest BCUT2D eigenvalue weighted by atomic mass is 35.5. The van der Waals surface area contributed by atoms with Crippen molar-refractivity contribution in [3.05, 3.63) is 29.3 Å². The number of ketones is 1. The van der Waals surface area contributed by atoms with Crippen LogP contribution in [0.2, 0.25) is 0 Å². The van der Waals surface area contributed by atoms with E-state index >= 15 is 0 Å². The van der Waals surface area contributed by atoms with Gasteiger partial charge in [-0.1, -0.05) is 6.07 Å². The number of carbonyl (C=O) groups is 1. The van der Waals surface area contributed by atoms with Gasteiger partial charge in [-0.05, 0) is 38.6 Å². The minimum absolute atomic E-state index is 0.0614. The van der Waals surface area contributed by atoms with Gasteiger partial charge in [0, 0.05) is 5.56 Å². The standard InChI is InChI=1S/C11H14ClNO3S/c1-7-4-5-9(17(15,16)13-3)6-10(7)11(14)8(2)12/h4-6,8,13H,1-3H3. The largest absolute Gasteiger partial charge is 0.293 e. The molecule has 0 heterocycles. The molecule has 1 rings (SSSR count). The van der Waals surface area contributed by atoms with E-state index in [1.807, 2.05) is 0 Å². The van der Waals surface area contributed by atoms with E-state index in [0.29, 0.717) is 11.1 Å². The number of rotatable bonds is 4. The Labute approximate surface area is 106 Å². The van der Waals surface area contributed by atoms with Crippen LogP contribution in [0, 0.1) is 6.92 Å². The van der Waals surface area contributed by atoms with Crippen LogP contribution in [0.4, 0.5) is 0 Å². The first-order valence-electron chi connectivity index (χ1n) is 5.02. The fourth-order valence-corrected chi connectivity index (χ4v) is 2.24. The van der Waals surface area contributed by atoms with Gasteiger partial charge in [-0.3, -0.25) is 4.79 Å². The van der Waals surface area contributed by atoms with E-state index in [2.05, 4.69) is 4.72 Å². The van der Waals surface area contributed by atoms with Gasteiger partial charge in [0.05, 0.1) is 10.3 Å². The van der Waals surface area contributed by atoms with Crippen molar-refractivity contribution < 1.29 is 13.2 Å². The maximum atomic E-state index is 11.8. The highest BCUT2D eigenvalue weighted by Crippen LogP contribution is 2.18. The minimum Gasteiger partial charge on any atom is -0.293 e. The Bertz CT molecular complexity index is 538. The monoisotopic (exact) mass is 275 g/mol. The average Bonchev–Trinajstić information content (AvgIpc) is 2.28. The number of Topliss-reactive ketones (excluding diaryl/α,β-unsaturated/α-hetero) is 1. The highest BCUT2D eigenvalue weighted by Gasteiger charge is 2.19. The molecule has 0 aliphatic carbocycles. The molecule has 1 unspecified atom stereocenters. The van der Waals surface area contributed by atoms with Crippen LogP contribution in [-0.4, -0.2) is 26.6 Å². The molecule has 0 saturated carbocycles. The van der Waals surface area contributed by atoms with Crippen molar-refractivity contribution in [1.29, 1.82) is 0 Å². The first-order chi connectivity index (χ1) is 7.79. The molecule has 17 heavy (non-hydrogen) atoms. The predicted molar refractivity (Wildman–Crippen MR) is 67.1 cm³/mol. The number of sulfonamides is 1. The second kappa shape index (κ2) is 5.16. The van der Waals surface area contributed by atoms with E-state index in [0.717, 1.165) is 0 Å². The van der Waals surface area contributed by atoms with Gasteiger partial charge >= 0.3 is 0 Å². The molecule has 0 aromatic heterocycles. The Morgan fingerprint density at radius 2 is 2.00 bits per heavy atom. The van der Waals surface area contributed by atoms with E-state index in [1.165, 1.54) is 19.2 Å². The fourth-order valence-electron chi connectivity index (χ4n) is 1.37. The van der Waals surface area contributed by atoms with Crippen LogP contribution in [0.25, 0.3) is 0 Å². The number of nitrogens with one attached hydrogen (secondary N) is 1. The zero-order chi connectivity index (χ0) is 13.2. The van der Waals surface area contributed by atoms with Crippen molar-refractivity contribution in [2.45, 2.75) is 24.1 Å². The molecule has 6 heteroatoms. The second-order valence-corrected chi connectivity index (χ2v) is 6.21. The molecule has 0 amide bonds. The molecule has 1 atom stereocenters. The lowest BCUT2D eigenvalue weighted by molar-refractivity contribution is 0.0991. The molecule has 4 nitrogen and oxygen atoms in total. The van der Waals surface area contributed by atoms with Crippen molar-refractivity contribution >= 4 is 27.4 Å².